The van der Waals surface area contributed by atoms with Crippen LogP contribution in [0.2, 0.25) is 0 Å². The third kappa shape index (κ3) is 3.67. The van der Waals surface area contributed by atoms with Gasteiger partial charge in [0, 0.05) is 12.6 Å². The van der Waals surface area contributed by atoms with Crippen molar-refractivity contribution >= 4 is 0 Å². The molecule has 1 aromatic rings. The molecule has 0 saturated carbocycles. The molecule has 0 radical (unpaired) electrons. The van der Waals surface area contributed by atoms with Crippen LogP contribution in [0.15, 0.2) is 18.2 Å². The largest absolute Gasteiger partial charge is 0.486 e. The molecule has 0 spiro atoms. The maximum Gasteiger partial charge on any atom is 0.161 e. The number of aryl methyl sites for hydroxylation is 1. The van der Waals surface area contributed by atoms with Gasteiger partial charge in [-0.1, -0.05) is 6.07 Å². The van der Waals surface area contributed by atoms with Crippen molar-refractivity contribution in [3.05, 3.63) is 23.8 Å². The van der Waals surface area contributed by atoms with Gasteiger partial charge >= 0.3 is 0 Å². The van der Waals surface area contributed by atoms with Crippen molar-refractivity contribution in [1.82, 2.24) is 10.6 Å². The van der Waals surface area contributed by atoms with Crippen LogP contribution in [0.4, 0.5) is 0 Å². The van der Waals surface area contributed by atoms with Gasteiger partial charge in [-0.3, -0.25) is 0 Å². The van der Waals surface area contributed by atoms with Crippen LogP contribution in [0.5, 0.6) is 11.5 Å². The Morgan fingerprint density at radius 1 is 1.33 bits per heavy atom. The number of aliphatic hydroxyl groups is 1. The maximum atomic E-state index is 10.3. The molecule has 0 aliphatic carbocycles. The topological polar surface area (TPSA) is 62.8 Å². The lowest BCUT2D eigenvalue weighted by Crippen LogP contribution is -2.48. The van der Waals surface area contributed by atoms with Crippen LogP contribution in [-0.2, 0) is 0 Å². The second-order valence-electron chi connectivity index (χ2n) is 5.92. The molecule has 116 valence electrons. The van der Waals surface area contributed by atoms with Crippen LogP contribution in [0.25, 0.3) is 0 Å². The quantitative estimate of drug-likeness (QED) is 0.767. The summed E-state index contributed by atoms with van der Waals surface area (Å²) in [5.41, 5.74) is 1.14. The lowest BCUT2D eigenvalue weighted by atomic mass is 10.1. The normalized spacial score (nSPS) is 23.8. The number of aliphatic hydroxyl groups excluding tert-OH is 1. The zero-order valence-electron chi connectivity index (χ0n) is 12.5. The van der Waals surface area contributed by atoms with E-state index in [1.165, 1.54) is 0 Å². The summed E-state index contributed by atoms with van der Waals surface area (Å²) in [6, 6.07) is 6.35. The minimum atomic E-state index is -0.561. The highest BCUT2D eigenvalue weighted by Gasteiger charge is 2.28. The molecule has 1 fully saturated rings. The van der Waals surface area contributed by atoms with E-state index < -0.39 is 6.10 Å². The summed E-state index contributed by atoms with van der Waals surface area (Å²) < 4.78 is 11.6. The number of benzene rings is 1. The minimum Gasteiger partial charge on any atom is -0.486 e. The molecule has 1 aromatic carbocycles. The molecule has 2 atom stereocenters. The summed E-state index contributed by atoms with van der Waals surface area (Å²) in [6.07, 6.45) is 1.34. The Balaban J connectivity index is 1.51. The van der Waals surface area contributed by atoms with Gasteiger partial charge < -0.3 is 25.2 Å². The van der Waals surface area contributed by atoms with Crippen molar-refractivity contribution < 1.29 is 14.6 Å². The van der Waals surface area contributed by atoms with E-state index in [0.29, 0.717) is 19.2 Å². The average Bonchev–Trinajstić information content (AvgIpc) is 2.53. The van der Waals surface area contributed by atoms with E-state index in [4.69, 9.17) is 9.47 Å². The molecule has 0 aromatic heterocycles. The fraction of sp³-hybridized carbons (Fsp3) is 0.625. The maximum absolute atomic E-state index is 10.3. The summed E-state index contributed by atoms with van der Waals surface area (Å²) in [6.45, 7) is 5.05. The molecule has 2 unspecified atom stereocenters. The highest BCUT2D eigenvalue weighted by Crippen LogP contribution is 2.32. The molecule has 2 heterocycles. The predicted octanol–water partition coefficient (Wildman–Crippen LogP) is 0.837. The Morgan fingerprint density at radius 3 is 2.95 bits per heavy atom. The van der Waals surface area contributed by atoms with E-state index in [1.807, 2.05) is 25.1 Å². The molecular formula is C16H24N2O3. The fourth-order valence-electron chi connectivity index (χ4n) is 2.83. The molecule has 21 heavy (non-hydrogen) atoms. The number of ether oxygens (including phenoxy) is 2. The van der Waals surface area contributed by atoms with Gasteiger partial charge in [-0.25, -0.2) is 0 Å². The van der Waals surface area contributed by atoms with Crippen molar-refractivity contribution in [2.75, 3.05) is 26.2 Å². The standard InChI is InChI=1S/C16H24N2O3/c1-11-2-3-14-15(8-11)20-10-16(21-14)13(19)9-18-12-4-6-17-7-5-12/h2-3,8,12-13,16-19H,4-7,9-10H2,1H3. The minimum absolute atomic E-state index is 0.311. The van der Waals surface area contributed by atoms with Crippen molar-refractivity contribution in [2.24, 2.45) is 0 Å². The van der Waals surface area contributed by atoms with Gasteiger partial charge in [-0.15, -0.1) is 0 Å². The van der Waals surface area contributed by atoms with Gasteiger partial charge in [0.1, 0.15) is 12.7 Å². The van der Waals surface area contributed by atoms with Crippen molar-refractivity contribution in [3.8, 4) is 11.5 Å². The van der Waals surface area contributed by atoms with Crippen LogP contribution >= 0.6 is 0 Å². The predicted molar refractivity (Wildman–Crippen MR) is 81.0 cm³/mol. The van der Waals surface area contributed by atoms with E-state index in [1.54, 1.807) is 0 Å². The first-order valence-electron chi connectivity index (χ1n) is 7.74. The highest BCUT2D eigenvalue weighted by atomic mass is 16.6. The molecule has 3 N–H and O–H groups in total. The number of rotatable bonds is 4. The number of piperidine rings is 1. The van der Waals surface area contributed by atoms with Crippen molar-refractivity contribution in [2.45, 2.75) is 38.0 Å². The van der Waals surface area contributed by atoms with Gasteiger partial charge in [0.2, 0.25) is 0 Å². The Kier molecular flexibility index (Phi) is 4.63. The summed E-state index contributed by atoms with van der Waals surface area (Å²) >= 11 is 0. The molecule has 5 nitrogen and oxygen atoms in total. The number of hydrogen-bond acceptors (Lipinski definition) is 5. The molecule has 0 bridgehead atoms. The smallest absolute Gasteiger partial charge is 0.161 e. The second kappa shape index (κ2) is 6.64. The van der Waals surface area contributed by atoms with Crippen LogP contribution in [0.1, 0.15) is 18.4 Å². The summed E-state index contributed by atoms with van der Waals surface area (Å²) in [4.78, 5) is 0. The van der Waals surface area contributed by atoms with E-state index in [9.17, 15) is 5.11 Å². The number of hydrogen-bond donors (Lipinski definition) is 3. The lowest BCUT2D eigenvalue weighted by Gasteiger charge is -2.31. The summed E-state index contributed by atoms with van der Waals surface area (Å²) in [5, 5.41) is 17.1. The number of fused-ring (bicyclic) bond motifs is 1. The summed E-state index contributed by atoms with van der Waals surface area (Å²) in [7, 11) is 0. The highest BCUT2D eigenvalue weighted by molar-refractivity contribution is 5.43. The zero-order chi connectivity index (χ0) is 14.7. The van der Waals surface area contributed by atoms with Gasteiger partial charge in [-0.2, -0.15) is 0 Å². The Morgan fingerprint density at radius 2 is 2.14 bits per heavy atom. The molecule has 3 rings (SSSR count). The van der Waals surface area contributed by atoms with Crippen LogP contribution in [0, 0.1) is 6.92 Å². The molecule has 2 aliphatic rings. The van der Waals surface area contributed by atoms with E-state index in [-0.39, 0.29) is 6.10 Å². The van der Waals surface area contributed by atoms with Gasteiger partial charge in [0.25, 0.3) is 0 Å². The first-order chi connectivity index (χ1) is 10.2. The SMILES string of the molecule is Cc1ccc2c(c1)OCC(C(O)CNC1CCNCC1)O2. The first kappa shape index (κ1) is 14.6. The van der Waals surface area contributed by atoms with Crippen LogP contribution < -0.4 is 20.1 Å². The van der Waals surface area contributed by atoms with Gasteiger partial charge in [-0.05, 0) is 50.6 Å². The van der Waals surface area contributed by atoms with E-state index in [0.717, 1.165) is 43.0 Å². The molecule has 2 aliphatic heterocycles. The van der Waals surface area contributed by atoms with Crippen molar-refractivity contribution in [1.29, 1.82) is 0 Å². The monoisotopic (exact) mass is 292 g/mol. The molecule has 5 heteroatoms. The van der Waals surface area contributed by atoms with E-state index >= 15 is 0 Å². The Bertz CT molecular complexity index is 475. The lowest BCUT2D eigenvalue weighted by molar-refractivity contribution is -0.0105. The fourth-order valence-corrected chi connectivity index (χ4v) is 2.83. The molecule has 1 saturated heterocycles. The molecular weight excluding hydrogens is 268 g/mol. The third-order valence-electron chi connectivity index (χ3n) is 4.16. The van der Waals surface area contributed by atoms with Crippen LogP contribution in [0.3, 0.4) is 0 Å². The van der Waals surface area contributed by atoms with Gasteiger partial charge in [0.15, 0.2) is 17.6 Å². The third-order valence-corrected chi connectivity index (χ3v) is 4.16. The average molecular weight is 292 g/mol. The molecule has 0 amide bonds. The van der Waals surface area contributed by atoms with Crippen molar-refractivity contribution in [3.63, 3.8) is 0 Å². The van der Waals surface area contributed by atoms with Crippen LogP contribution in [-0.4, -0.2) is 49.6 Å². The zero-order valence-corrected chi connectivity index (χ0v) is 12.5. The van der Waals surface area contributed by atoms with E-state index in [2.05, 4.69) is 10.6 Å². The number of nitrogens with one attached hydrogen (secondary N) is 2. The second-order valence-corrected chi connectivity index (χ2v) is 5.92. The Labute approximate surface area is 125 Å². The van der Waals surface area contributed by atoms with Gasteiger partial charge in [0.05, 0.1) is 0 Å². The summed E-state index contributed by atoms with van der Waals surface area (Å²) in [5.74, 6) is 1.49. The Hall–Kier alpha value is -1.30. The first-order valence-corrected chi connectivity index (χ1v) is 7.74.